The molecule has 138 valence electrons. The van der Waals surface area contributed by atoms with E-state index in [1.807, 2.05) is 0 Å². The molecule has 1 aliphatic rings. The van der Waals surface area contributed by atoms with Crippen LogP contribution in [0, 0.1) is 0 Å². The van der Waals surface area contributed by atoms with E-state index < -0.39 is 40.9 Å². The van der Waals surface area contributed by atoms with E-state index in [2.05, 4.69) is 9.84 Å². The van der Waals surface area contributed by atoms with Gasteiger partial charge in [0.1, 0.15) is 13.2 Å². The smallest absolute Gasteiger partial charge is 0.424 e. The molecule has 0 saturated carbocycles. The molecule has 0 amide bonds. The van der Waals surface area contributed by atoms with Gasteiger partial charge in [0.25, 0.3) is 12.6 Å². The van der Waals surface area contributed by atoms with Gasteiger partial charge in [-0.15, -0.1) is 4.59 Å². The molecular formula is C14H11F8N2O+. The van der Waals surface area contributed by atoms with Crippen molar-refractivity contribution in [3.63, 3.8) is 0 Å². The average molecular weight is 375 g/mol. The molecule has 3 nitrogen and oxygen atoms in total. The summed E-state index contributed by atoms with van der Waals surface area (Å²) in [4.78, 5) is 0. The predicted molar refractivity (Wildman–Crippen MR) is 73.3 cm³/mol. The first kappa shape index (κ1) is 19.2. The topological polar surface area (TPSA) is 21.6 Å². The summed E-state index contributed by atoms with van der Waals surface area (Å²) < 4.78 is 105. The number of benzene rings is 1. The standard InChI is InChI=1S/C14H11F8N2O/c1-24(7-6-8(23-24)11(15)16)9-4-2-3-5-10(9)25-14(21,22)12(17)13(18,19)20/h2-7,11-12H,1H3/q+1. The second-order valence-corrected chi connectivity index (χ2v) is 5.20. The second kappa shape index (κ2) is 6.28. The van der Waals surface area contributed by atoms with Crippen LogP contribution in [0.1, 0.15) is 0 Å². The van der Waals surface area contributed by atoms with Crippen LogP contribution in [-0.4, -0.2) is 37.6 Å². The van der Waals surface area contributed by atoms with Crippen LogP contribution < -0.4 is 9.33 Å². The van der Waals surface area contributed by atoms with Crippen LogP contribution in [0.5, 0.6) is 5.75 Å². The summed E-state index contributed by atoms with van der Waals surface area (Å²) in [6, 6.07) is 4.46. The Kier molecular flexibility index (Phi) is 4.81. The summed E-state index contributed by atoms with van der Waals surface area (Å²) in [7, 11) is 1.21. The highest BCUT2D eigenvalue weighted by Gasteiger charge is 2.59. The van der Waals surface area contributed by atoms with Crippen molar-refractivity contribution in [3.05, 3.63) is 36.5 Å². The average Bonchev–Trinajstić information content (AvgIpc) is 2.89. The van der Waals surface area contributed by atoms with Gasteiger partial charge in [0, 0.05) is 12.1 Å². The molecule has 0 aromatic heterocycles. The number of allylic oxidation sites excluding steroid dienone is 1. The highest BCUT2D eigenvalue weighted by molar-refractivity contribution is 5.99. The van der Waals surface area contributed by atoms with E-state index in [9.17, 15) is 35.1 Å². The Morgan fingerprint density at radius 1 is 1.04 bits per heavy atom. The van der Waals surface area contributed by atoms with Gasteiger partial charge in [0.2, 0.25) is 5.69 Å². The van der Waals surface area contributed by atoms with Crippen molar-refractivity contribution in [2.24, 2.45) is 5.10 Å². The van der Waals surface area contributed by atoms with Crippen molar-refractivity contribution in [1.82, 2.24) is 4.59 Å². The minimum atomic E-state index is -5.84. The van der Waals surface area contributed by atoms with Crippen molar-refractivity contribution >= 4 is 11.4 Å². The molecule has 1 aromatic rings. The lowest BCUT2D eigenvalue weighted by Gasteiger charge is -2.26. The highest BCUT2D eigenvalue weighted by Crippen LogP contribution is 2.41. The van der Waals surface area contributed by atoms with Gasteiger partial charge in [-0.2, -0.15) is 22.0 Å². The maximum absolute atomic E-state index is 13.5. The lowest BCUT2D eigenvalue weighted by atomic mass is 10.2. The molecule has 0 aliphatic carbocycles. The number of para-hydroxylation sites is 2. The molecule has 0 saturated heterocycles. The fourth-order valence-electron chi connectivity index (χ4n) is 2.08. The molecule has 0 N–H and O–H groups in total. The number of halogens is 8. The van der Waals surface area contributed by atoms with Gasteiger partial charge in [0.15, 0.2) is 11.5 Å². The summed E-state index contributed by atoms with van der Waals surface area (Å²) in [5.41, 5.74) is -0.925. The van der Waals surface area contributed by atoms with E-state index in [0.29, 0.717) is 0 Å². The third kappa shape index (κ3) is 3.91. The number of nitrogens with zero attached hydrogens (tertiary/aromatic N) is 2. The van der Waals surface area contributed by atoms with Crippen molar-refractivity contribution in [1.29, 1.82) is 0 Å². The normalized spacial score (nSPS) is 22.2. The predicted octanol–water partition coefficient (Wildman–Crippen LogP) is 4.64. The van der Waals surface area contributed by atoms with Crippen molar-refractivity contribution < 1.29 is 39.9 Å². The van der Waals surface area contributed by atoms with Crippen molar-refractivity contribution in [3.8, 4) is 5.75 Å². The molecule has 0 radical (unpaired) electrons. The van der Waals surface area contributed by atoms with Gasteiger partial charge >= 0.3 is 12.3 Å². The molecular weight excluding hydrogens is 364 g/mol. The zero-order valence-electron chi connectivity index (χ0n) is 12.4. The first-order chi connectivity index (χ1) is 11.4. The van der Waals surface area contributed by atoms with Gasteiger partial charge < -0.3 is 4.74 Å². The molecule has 0 fully saturated rings. The molecule has 1 aromatic carbocycles. The SMILES string of the molecule is C[N+]1(c2ccccc2OC(F)(F)C(F)C(F)(F)F)C=CC(C(F)F)=N1. The summed E-state index contributed by atoms with van der Waals surface area (Å²) >= 11 is 0. The van der Waals surface area contributed by atoms with Crippen molar-refractivity contribution in [2.75, 3.05) is 7.05 Å². The van der Waals surface area contributed by atoms with Gasteiger partial charge in [-0.1, -0.05) is 17.2 Å². The van der Waals surface area contributed by atoms with Gasteiger partial charge in [-0.3, -0.25) is 0 Å². The first-order valence-corrected chi connectivity index (χ1v) is 6.68. The molecule has 1 aliphatic heterocycles. The Labute approximate surface area is 136 Å². The summed E-state index contributed by atoms with van der Waals surface area (Å²) in [5.74, 6) is -0.828. The lowest BCUT2D eigenvalue weighted by molar-refractivity contribution is -0.304. The summed E-state index contributed by atoms with van der Waals surface area (Å²) in [5, 5.41) is 3.63. The summed E-state index contributed by atoms with van der Waals surface area (Å²) in [6.45, 7) is 0. The van der Waals surface area contributed by atoms with Crippen molar-refractivity contribution in [2.45, 2.75) is 24.9 Å². The second-order valence-electron chi connectivity index (χ2n) is 5.20. The molecule has 2 rings (SSSR count). The van der Waals surface area contributed by atoms with E-state index in [4.69, 9.17) is 0 Å². The number of quaternary nitrogens is 1. The molecule has 11 heteroatoms. The Morgan fingerprint density at radius 3 is 2.16 bits per heavy atom. The van der Waals surface area contributed by atoms with Crippen LogP contribution in [0.3, 0.4) is 0 Å². The third-order valence-corrected chi connectivity index (χ3v) is 3.26. The third-order valence-electron chi connectivity index (χ3n) is 3.26. The van der Waals surface area contributed by atoms with E-state index in [1.165, 1.54) is 13.1 Å². The molecule has 2 unspecified atom stereocenters. The molecule has 0 bridgehead atoms. The number of rotatable bonds is 5. The van der Waals surface area contributed by atoms with Gasteiger partial charge in [-0.25, -0.2) is 13.2 Å². The van der Waals surface area contributed by atoms with Crippen LogP contribution in [0.2, 0.25) is 0 Å². The van der Waals surface area contributed by atoms with E-state index in [-0.39, 0.29) is 5.69 Å². The van der Waals surface area contributed by atoms with Crippen LogP contribution >= 0.6 is 0 Å². The van der Waals surface area contributed by atoms with E-state index in [1.54, 1.807) is 0 Å². The number of alkyl halides is 8. The zero-order chi connectivity index (χ0) is 19.0. The Hall–Kier alpha value is -2.17. The fraction of sp³-hybridized carbons (Fsp3) is 0.357. The number of ether oxygens (including phenoxy) is 1. The van der Waals surface area contributed by atoms with E-state index >= 15 is 0 Å². The zero-order valence-corrected chi connectivity index (χ0v) is 12.4. The van der Waals surface area contributed by atoms with Crippen LogP contribution in [-0.2, 0) is 0 Å². The minimum Gasteiger partial charge on any atom is -0.424 e. The maximum Gasteiger partial charge on any atom is 0.439 e. The molecule has 1 heterocycles. The van der Waals surface area contributed by atoms with E-state index in [0.717, 1.165) is 30.5 Å². The lowest BCUT2D eigenvalue weighted by Crippen LogP contribution is -2.46. The molecule has 0 spiro atoms. The molecule has 2 atom stereocenters. The number of hydrogen-bond acceptors (Lipinski definition) is 2. The highest BCUT2D eigenvalue weighted by atomic mass is 19.4. The van der Waals surface area contributed by atoms with Crippen LogP contribution in [0.15, 0.2) is 41.6 Å². The van der Waals surface area contributed by atoms with Gasteiger partial charge in [-0.05, 0) is 6.07 Å². The van der Waals surface area contributed by atoms with Gasteiger partial charge in [0.05, 0.1) is 0 Å². The monoisotopic (exact) mass is 375 g/mol. The Balaban J connectivity index is 2.39. The number of hydrogen-bond donors (Lipinski definition) is 0. The largest absolute Gasteiger partial charge is 0.439 e. The van der Waals surface area contributed by atoms with Crippen LogP contribution in [0.4, 0.5) is 40.8 Å². The minimum absolute atomic E-state index is 0.275. The Morgan fingerprint density at radius 2 is 1.64 bits per heavy atom. The quantitative estimate of drug-likeness (QED) is 0.543. The maximum atomic E-state index is 13.5. The molecule has 25 heavy (non-hydrogen) atoms. The fourth-order valence-corrected chi connectivity index (χ4v) is 2.08. The Bertz CT molecular complexity index is 700. The first-order valence-electron chi connectivity index (χ1n) is 6.68. The summed E-state index contributed by atoms with van der Waals surface area (Å²) in [6.07, 6.45) is -16.5. The van der Waals surface area contributed by atoms with Crippen LogP contribution in [0.25, 0.3) is 0 Å².